The summed E-state index contributed by atoms with van der Waals surface area (Å²) < 4.78 is 108. The number of H-pyrrole nitrogens is 2. The normalized spacial score (nSPS) is 11.9. The second-order valence-electron chi connectivity index (χ2n) is 11.3. The Labute approximate surface area is 333 Å². The van der Waals surface area contributed by atoms with Crippen molar-refractivity contribution in [1.82, 2.24) is 29.9 Å². The van der Waals surface area contributed by atoms with Crippen LogP contribution in [0, 0.1) is 13.8 Å². The van der Waals surface area contributed by atoms with Crippen molar-refractivity contribution in [1.29, 1.82) is 0 Å². The van der Waals surface area contributed by atoms with E-state index in [2.05, 4.69) is 29.9 Å². The van der Waals surface area contributed by atoms with E-state index < -0.39 is 47.2 Å². The van der Waals surface area contributed by atoms with E-state index in [1.807, 2.05) is 36.4 Å². The summed E-state index contributed by atoms with van der Waals surface area (Å²) in [5.74, 6) is 0.192. The van der Waals surface area contributed by atoms with Crippen molar-refractivity contribution in [2.24, 2.45) is 0 Å². The lowest BCUT2D eigenvalue weighted by Gasteiger charge is -2.13. The topological polar surface area (TPSA) is 239 Å². The van der Waals surface area contributed by atoms with E-state index in [0.29, 0.717) is 43.9 Å². The summed E-state index contributed by atoms with van der Waals surface area (Å²) in [6.45, 7) is 4.27. The van der Waals surface area contributed by atoms with Gasteiger partial charge in [-0.25, -0.2) is 9.97 Å². The van der Waals surface area contributed by atoms with Crippen LogP contribution in [0.4, 0.5) is 26.3 Å². The Bertz CT molecular complexity index is 1980. The third kappa shape index (κ3) is 16.1. The van der Waals surface area contributed by atoms with Gasteiger partial charge in [-0.3, -0.25) is 18.4 Å². The first-order valence-electron chi connectivity index (χ1n) is 16.7. The lowest BCUT2D eigenvalue weighted by atomic mass is 10.2. The van der Waals surface area contributed by atoms with Gasteiger partial charge in [0.25, 0.3) is 0 Å². The first kappa shape index (κ1) is 51.0. The van der Waals surface area contributed by atoms with Crippen LogP contribution in [0.3, 0.4) is 0 Å². The Morgan fingerprint density at radius 1 is 0.621 bits per heavy atom. The summed E-state index contributed by atoms with van der Waals surface area (Å²) in [6.07, 6.45) is -6.17. The summed E-state index contributed by atoms with van der Waals surface area (Å²) in [5, 5.41) is 15.7. The zero-order valence-corrected chi connectivity index (χ0v) is 33.2. The number of imidazole rings is 2. The molecule has 0 aliphatic rings. The minimum absolute atomic E-state index is 0. The van der Waals surface area contributed by atoms with Crippen molar-refractivity contribution >= 4 is 43.7 Å². The van der Waals surface area contributed by atoms with Crippen molar-refractivity contribution in [3.8, 4) is 11.5 Å². The molecule has 2 unspecified atom stereocenters. The third-order valence-corrected chi connectivity index (χ3v) is 9.32. The van der Waals surface area contributed by atoms with E-state index in [1.165, 1.54) is 24.5 Å². The second-order valence-corrected chi connectivity index (χ2v) is 14.0. The van der Waals surface area contributed by atoms with Gasteiger partial charge in [-0.2, -0.15) is 26.3 Å². The number of benzene rings is 2. The van der Waals surface area contributed by atoms with Crippen LogP contribution in [0.1, 0.15) is 36.4 Å². The van der Waals surface area contributed by atoms with E-state index in [-0.39, 0.29) is 47.2 Å². The van der Waals surface area contributed by atoms with Crippen molar-refractivity contribution in [2.45, 2.75) is 61.9 Å². The maximum Gasteiger partial charge on any atom is 0.422 e. The van der Waals surface area contributed by atoms with Gasteiger partial charge in [0.15, 0.2) is 23.5 Å². The average molecular weight is 867 g/mol. The molecule has 2 atom stereocenters. The van der Waals surface area contributed by atoms with Gasteiger partial charge in [-0.1, -0.05) is 24.3 Å². The quantitative estimate of drug-likeness (QED) is 0.128. The van der Waals surface area contributed by atoms with Gasteiger partial charge < -0.3 is 40.6 Å². The van der Waals surface area contributed by atoms with Gasteiger partial charge in [0.05, 0.1) is 66.6 Å². The number of ether oxygens (including phenoxy) is 2. The van der Waals surface area contributed by atoms with E-state index in [4.69, 9.17) is 19.7 Å². The molecule has 6 aromatic rings. The van der Waals surface area contributed by atoms with Crippen molar-refractivity contribution < 1.29 is 65.4 Å². The largest absolute Gasteiger partial charge is 0.484 e. The summed E-state index contributed by atoms with van der Waals surface area (Å²) in [5.41, 5.74) is 4.57. The Hall–Kier alpha value is -5.00. The maximum absolute atomic E-state index is 12.5. The molecule has 0 amide bonds. The second kappa shape index (κ2) is 24.0. The third-order valence-electron chi connectivity index (χ3n) is 7.00. The molecule has 0 saturated carbocycles. The lowest BCUT2D eigenvalue weighted by molar-refractivity contribution is -0.154. The van der Waals surface area contributed by atoms with Gasteiger partial charge in [0.1, 0.15) is 11.5 Å². The number of rotatable bonds is 10. The zero-order chi connectivity index (χ0) is 41.5. The number of fused-ring (bicyclic) bond motifs is 2. The molecule has 4 heterocycles. The number of para-hydroxylation sites is 4. The number of halogens is 6. The lowest BCUT2D eigenvalue weighted by Crippen LogP contribution is -2.20. The number of aromatic amines is 2. The van der Waals surface area contributed by atoms with E-state index >= 15 is 0 Å². The van der Waals surface area contributed by atoms with Crippen LogP contribution in [0.2, 0.25) is 0 Å². The number of aromatic nitrogens is 6. The number of alkyl halides is 6. The highest BCUT2D eigenvalue weighted by Gasteiger charge is 2.30. The Balaban J connectivity index is 0.000000496. The van der Waals surface area contributed by atoms with Gasteiger partial charge in [0, 0.05) is 36.7 Å². The molecule has 0 aliphatic heterocycles. The molecule has 8 N–H and O–H groups in total. The minimum Gasteiger partial charge on any atom is -0.484 e. The number of nitrogens with one attached hydrogen (secondary N) is 2. The fraction of sp³-hybridized carbons (Fsp3) is 0.333. The van der Waals surface area contributed by atoms with Gasteiger partial charge >= 0.3 is 12.4 Å². The molecular weight excluding hydrogens is 823 g/mol. The number of aliphatic hydroxyl groups is 2. The molecule has 14 nitrogen and oxygen atoms in total. The highest BCUT2D eigenvalue weighted by atomic mass is 32.2. The van der Waals surface area contributed by atoms with Crippen LogP contribution >= 0.6 is 0 Å². The first-order valence-corrected chi connectivity index (χ1v) is 19.3. The Kier molecular flexibility index (Phi) is 21.2. The number of hydrogen-bond donors (Lipinski definition) is 4. The molecule has 4 aromatic heterocycles. The Morgan fingerprint density at radius 3 is 1.26 bits per heavy atom. The van der Waals surface area contributed by atoms with Crippen LogP contribution in [0.15, 0.2) is 83.4 Å². The summed E-state index contributed by atoms with van der Waals surface area (Å²) in [6, 6.07) is 17.2. The summed E-state index contributed by atoms with van der Waals surface area (Å²) >= 11 is 0. The monoisotopic (exact) mass is 866 g/mol. The molecular formula is C36H44F6N6O8S2. The summed E-state index contributed by atoms with van der Waals surface area (Å²) in [4.78, 5) is 22.7. The molecule has 320 valence electrons. The van der Waals surface area contributed by atoms with Crippen LogP contribution < -0.4 is 9.47 Å². The summed E-state index contributed by atoms with van der Waals surface area (Å²) in [7, 11) is -3.03. The van der Waals surface area contributed by atoms with Crippen LogP contribution in [-0.4, -0.2) is 98.3 Å². The SMILES string of the molecule is CCO.CCO.Cc1c(OCC(F)(F)F)ccnc1CS(=O)c1nc2ccccc2[nH]1.Cc1c(OCC(F)(F)F)ccnc1CS(=O)c1nc2ccccc2[nH]1.O.O. The molecule has 0 spiro atoms. The standard InChI is InChI=1S/2C16H14F3N3O2S.2C2H6O.2H2O/c2*1-10-13(20-7-6-14(10)24-9-16(17,18)19)8-25(23)15-21-11-4-2-3-5-12(11)22-15;2*1-2-3;;/h2*2-7H,8-9H2,1H3,(H,21,22);2*3H,2H2,1H3;2*1H2. The van der Waals surface area contributed by atoms with Crippen LogP contribution in [-0.2, 0) is 33.1 Å². The molecule has 0 bridgehead atoms. The van der Waals surface area contributed by atoms with Crippen LogP contribution in [0.5, 0.6) is 11.5 Å². The maximum atomic E-state index is 12.5. The number of hydrogen-bond acceptors (Lipinski definition) is 10. The highest BCUT2D eigenvalue weighted by molar-refractivity contribution is 7.84. The van der Waals surface area contributed by atoms with Gasteiger partial charge in [0.2, 0.25) is 0 Å². The molecule has 58 heavy (non-hydrogen) atoms. The van der Waals surface area contributed by atoms with E-state index in [1.54, 1.807) is 39.8 Å². The van der Waals surface area contributed by atoms with E-state index in [0.717, 1.165) is 11.0 Å². The fourth-order valence-corrected chi connectivity index (χ4v) is 6.70. The predicted octanol–water partition coefficient (Wildman–Crippen LogP) is 5.38. The van der Waals surface area contributed by atoms with Gasteiger partial charge in [-0.15, -0.1) is 0 Å². The molecule has 0 aliphatic carbocycles. The highest BCUT2D eigenvalue weighted by Crippen LogP contribution is 2.26. The Morgan fingerprint density at radius 2 is 0.948 bits per heavy atom. The van der Waals surface area contributed by atoms with Crippen LogP contribution in [0.25, 0.3) is 22.1 Å². The number of aliphatic hydroxyl groups excluding tert-OH is 2. The number of nitrogens with zero attached hydrogens (tertiary/aromatic N) is 4. The predicted molar refractivity (Wildman–Crippen MR) is 206 cm³/mol. The first-order chi connectivity index (χ1) is 26.5. The zero-order valence-electron chi connectivity index (χ0n) is 31.6. The van der Waals surface area contributed by atoms with E-state index in [9.17, 15) is 34.8 Å². The minimum atomic E-state index is -4.42. The fourth-order valence-electron chi connectivity index (χ4n) is 4.50. The van der Waals surface area contributed by atoms with Crippen molar-refractivity contribution in [3.63, 3.8) is 0 Å². The van der Waals surface area contributed by atoms with Gasteiger partial charge in [-0.05, 0) is 64.1 Å². The molecule has 22 heteroatoms. The molecule has 0 fully saturated rings. The van der Waals surface area contributed by atoms with Crippen molar-refractivity contribution in [3.05, 3.63) is 95.6 Å². The molecule has 6 rings (SSSR count). The van der Waals surface area contributed by atoms with Crippen molar-refractivity contribution in [2.75, 3.05) is 26.4 Å². The number of pyridine rings is 2. The molecule has 2 aromatic carbocycles. The average Bonchev–Trinajstić information content (AvgIpc) is 3.78. The molecule has 0 saturated heterocycles. The smallest absolute Gasteiger partial charge is 0.422 e. The molecule has 0 radical (unpaired) electrons.